The average molecular weight is 265 g/mol. The highest BCUT2D eigenvalue weighted by Crippen LogP contribution is 2.27. The summed E-state index contributed by atoms with van der Waals surface area (Å²) in [5, 5.41) is 9.21. The summed E-state index contributed by atoms with van der Waals surface area (Å²) < 4.78 is 13.4. The number of carbonyl (C=O) groups is 1. The number of Topliss-reactive ketones (excluding diaryl/α,β-unsaturated/α-hetero) is 1. The van der Waals surface area contributed by atoms with Crippen LogP contribution in [0.2, 0.25) is 0 Å². The van der Waals surface area contributed by atoms with E-state index in [0.717, 1.165) is 19.4 Å². The van der Waals surface area contributed by atoms with Crippen LogP contribution in [0.3, 0.4) is 0 Å². The molecule has 2 rings (SSSR count). The zero-order valence-electron chi connectivity index (χ0n) is 11.2. The molecule has 1 aromatic rings. The minimum absolute atomic E-state index is 0.0208. The highest BCUT2D eigenvalue weighted by molar-refractivity contribution is 5.82. The molecule has 1 aliphatic rings. The maximum atomic E-state index is 13.4. The summed E-state index contributed by atoms with van der Waals surface area (Å²) in [6.45, 7) is 1.15. The summed E-state index contributed by atoms with van der Waals surface area (Å²) in [5.74, 6) is 0.189. The fourth-order valence-corrected chi connectivity index (χ4v) is 2.57. The van der Waals surface area contributed by atoms with Crippen LogP contribution in [0.1, 0.15) is 18.4 Å². The van der Waals surface area contributed by atoms with Gasteiger partial charge in [0.1, 0.15) is 5.82 Å². The molecule has 0 aliphatic heterocycles. The van der Waals surface area contributed by atoms with Crippen LogP contribution in [0.4, 0.5) is 4.39 Å². The summed E-state index contributed by atoms with van der Waals surface area (Å²) in [5.41, 5.74) is 0.458. The molecule has 104 valence electrons. The fraction of sp³-hybridized carbons (Fsp3) is 0.533. The third-order valence-corrected chi connectivity index (χ3v) is 3.57. The van der Waals surface area contributed by atoms with Crippen molar-refractivity contribution in [2.75, 3.05) is 20.1 Å². The smallest absolute Gasteiger partial charge is 0.151 e. The van der Waals surface area contributed by atoms with Gasteiger partial charge in [-0.15, -0.1) is 0 Å². The molecule has 0 atom stereocenters. The Hall–Kier alpha value is -1.26. The Morgan fingerprint density at radius 2 is 2.11 bits per heavy atom. The lowest BCUT2D eigenvalue weighted by atomic mass is 9.82. The predicted molar refractivity (Wildman–Crippen MR) is 71.3 cm³/mol. The first-order valence-electron chi connectivity index (χ1n) is 6.66. The van der Waals surface area contributed by atoms with Crippen molar-refractivity contribution in [3.63, 3.8) is 0 Å². The SMILES string of the molecule is CN(CC(=O)Cc1ccccc1F)CC1CC(O)C1. The van der Waals surface area contributed by atoms with Crippen molar-refractivity contribution in [1.29, 1.82) is 0 Å². The van der Waals surface area contributed by atoms with Gasteiger partial charge < -0.3 is 5.11 Å². The number of likely N-dealkylation sites (N-methyl/N-ethyl adjacent to an activating group) is 1. The van der Waals surface area contributed by atoms with E-state index in [4.69, 9.17) is 0 Å². The molecule has 1 aromatic carbocycles. The normalized spacial score (nSPS) is 22.3. The second-order valence-corrected chi connectivity index (χ2v) is 5.49. The lowest BCUT2D eigenvalue weighted by Crippen LogP contribution is -2.39. The van der Waals surface area contributed by atoms with E-state index in [1.807, 2.05) is 11.9 Å². The van der Waals surface area contributed by atoms with Gasteiger partial charge in [-0.25, -0.2) is 4.39 Å². The Bertz CT molecular complexity index is 444. The molecule has 0 heterocycles. The van der Waals surface area contributed by atoms with E-state index in [2.05, 4.69) is 0 Å². The molecule has 19 heavy (non-hydrogen) atoms. The molecular formula is C15H20FNO2. The fourth-order valence-electron chi connectivity index (χ4n) is 2.57. The Labute approximate surface area is 113 Å². The second-order valence-electron chi connectivity index (χ2n) is 5.49. The van der Waals surface area contributed by atoms with E-state index in [0.29, 0.717) is 18.0 Å². The van der Waals surface area contributed by atoms with Crippen LogP contribution in [0.25, 0.3) is 0 Å². The monoisotopic (exact) mass is 265 g/mol. The van der Waals surface area contributed by atoms with E-state index in [9.17, 15) is 14.3 Å². The number of carbonyl (C=O) groups excluding carboxylic acids is 1. The highest BCUT2D eigenvalue weighted by atomic mass is 19.1. The molecular weight excluding hydrogens is 245 g/mol. The zero-order chi connectivity index (χ0) is 13.8. The molecule has 4 heteroatoms. The third-order valence-electron chi connectivity index (χ3n) is 3.57. The van der Waals surface area contributed by atoms with E-state index >= 15 is 0 Å². The molecule has 0 bridgehead atoms. The number of rotatable bonds is 6. The van der Waals surface area contributed by atoms with Crippen LogP contribution < -0.4 is 0 Å². The first kappa shape index (κ1) is 14.2. The van der Waals surface area contributed by atoms with Crippen molar-refractivity contribution >= 4 is 5.78 Å². The van der Waals surface area contributed by atoms with E-state index < -0.39 is 0 Å². The van der Waals surface area contributed by atoms with Gasteiger partial charge in [0.25, 0.3) is 0 Å². The zero-order valence-corrected chi connectivity index (χ0v) is 11.2. The molecule has 0 saturated heterocycles. The summed E-state index contributed by atoms with van der Waals surface area (Å²) in [6.07, 6.45) is 1.63. The Morgan fingerprint density at radius 3 is 2.74 bits per heavy atom. The Morgan fingerprint density at radius 1 is 1.42 bits per heavy atom. The van der Waals surface area contributed by atoms with Crippen LogP contribution >= 0.6 is 0 Å². The van der Waals surface area contributed by atoms with Crippen LogP contribution in [0, 0.1) is 11.7 Å². The quantitative estimate of drug-likeness (QED) is 0.850. The first-order valence-corrected chi connectivity index (χ1v) is 6.66. The highest BCUT2D eigenvalue weighted by Gasteiger charge is 2.28. The number of hydrogen-bond donors (Lipinski definition) is 1. The second kappa shape index (κ2) is 6.26. The molecule has 3 nitrogen and oxygen atoms in total. The summed E-state index contributed by atoms with van der Waals surface area (Å²) in [6, 6.07) is 6.39. The number of aliphatic hydroxyl groups is 1. The Balaban J connectivity index is 1.76. The molecule has 0 aromatic heterocycles. The van der Waals surface area contributed by atoms with Crippen molar-refractivity contribution in [3.8, 4) is 0 Å². The van der Waals surface area contributed by atoms with Gasteiger partial charge >= 0.3 is 0 Å². The van der Waals surface area contributed by atoms with Crippen LogP contribution in [0.15, 0.2) is 24.3 Å². The molecule has 1 aliphatic carbocycles. The largest absolute Gasteiger partial charge is 0.393 e. The Kier molecular flexibility index (Phi) is 4.66. The van der Waals surface area contributed by atoms with Crippen molar-refractivity contribution in [1.82, 2.24) is 4.90 Å². The topological polar surface area (TPSA) is 40.5 Å². The van der Waals surface area contributed by atoms with Gasteiger partial charge in [0, 0.05) is 13.0 Å². The molecule has 0 amide bonds. The van der Waals surface area contributed by atoms with Crippen LogP contribution in [-0.2, 0) is 11.2 Å². The van der Waals surface area contributed by atoms with Gasteiger partial charge in [-0.3, -0.25) is 9.69 Å². The minimum Gasteiger partial charge on any atom is -0.393 e. The van der Waals surface area contributed by atoms with Gasteiger partial charge in [0.2, 0.25) is 0 Å². The number of halogens is 1. The molecule has 1 N–H and O–H groups in total. The third kappa shape index (κ3) is 4.11. The molecule has 1 saturated carbocycles. The number of benzene rings is 1. The number of ketones is 1. The average Bonchev–Trinajstić information content (AvgIpc) is 2.30. The van der Waals surface area contributed by atoms with Gasteiger partial charge in [0.15, 0.2) is 5.78 Å². The summed E-state index contributed by atoms with van der Waals surface area (Å²) >= 11 is 0. The number of hydrogen-bond acceptors (Lipinski definition) is 3. The lowest BCUT2D eigenvalue weighted by Gasteiger charge is -2.34. The first-order chi connectivity index (χ1) is 9.04. The van der Waals surface area contributed by atoms with E-state index in [1.54, 1.807) is 18.2 Å². The number of nitrogens with zero attached hydrogens (tertiary/aromatic N) is 1. The van der Waals surface area contributed by atoms with E-state index in [-0.39, 0.29) is 24.1 Å². The maximum absolute atomic E-state index is 13.4. The van der Waals surface area contributed by atoms with Crippen LogP contribution in [0.5, 0.6) is 0 Å². The van der Waals surface area contributed by atoms with Crippen molar-refractivity contribution < 1.29 is 14.3 Å². The van der Waals surface area contributed by atoms with Gasteiger partial charge in [-0.1, -0.05) is 18.2 Å². The van der Waals surface area contributed by atoms with Crippen LogP contribution in [-0.4, -0.2) is 42.0 Å². The lowest BCUT2D eigenvalue weighted by molar-refractivity contribution is -0.119. The minimum atomic E-state index is -0.319. The van der Waals surface area contributed by atoms with Gasteiger partial charge in [0.05, 0.1) is 12.6 Å². The molecule has 1 fully saturated rings. The van der Waals surface area contributed by atoms with Gasteiger partial charge in [-0.2, -0.15) is 0 Å². The van der Waals surface area contributed by atoms with E-state index in [1.165, 1.54) is 6.07 Å². The molecule has 0 spiro atoms. The summed E-state index contributed by atoms with van der Waals surface area (Å²) in [4.78, 5) is 13.8. The molecule has 0 radical (unpaired) electrons. The van der Waals surface area contributed by atoms with Crippen molar-refractivity contribution in [2.45, 2.75) is 25.4 Å². The number of aliphatic hydroxyl groups excluding tert-OH is 1. The van der Waals surface area contributed by atoms with Gasteiger partial charge in [-0.05, 0) is 37.4 Å². The van der Waals surface area contributed by atoms with Crippen molar-refractivity contribution in [3.05, 3.63) is 35.6 Å². The standard InChI is InChI=1S/C15H20FNO2/c1-17(9-11-6-13(18)7-11)10-14(19)8-12-4-2-3-5-15(12)16/h2-5,11,13,18H,6-10H2,1H3. The van der Waals surface area contributed by atoms with Crippen molar-refractivity contribution in [2.24, 2.45) is 5.92 Å². The maximum Gasteiger partial charge on any atom is 0.151 e. The predicted octanol–water partition coefficient (Wildman–Crippen LogP) is 1.64. The molecule has 0 unspecified atom stereocenters. The summed E-state index contributed by atoms with van der Waals surface area (Å²) in [7, 11) is 1.89.